The first-order valence-corrected chi connectivity index (χ1v) is 7.70. The van der Waals surface area contributed by atoms with Gasteiger partial charge in [-0.25, -0.2) is 0 Å². The normalized spacial score (nSPS) is 23.6. The van der Waals surface area contributed by atoms with Gasteiger partial charge < -0.3 is 9.64 Å². The van der Waals surface area contributed by atoms with E-state index in [1.54, 1.807) is 0 Å². The van der Waals surface area contributed by atoms with Gasteiger partial charge in [0.2, 0.25) is 0 Å². The van der Waals surface area contributed by atoms with E-state index in [1.165, 1.54) is 38.6 Å². The maximum absolute atomic E-state index is 5.75. The second-order valence-electron chi connectivity index (χ2n) is 5.12. The van der Waals surface area contributed by atoms with Crippen LogP contribution in [0.15, 0.2) is 0 Å². The summed E-state index contributed by atoms with van der Waals surface area (Å²) in [6, 6.07) is 0. The average molecular weight is 292 g/mol. The van der Waals surface area contributed by atoms with Gasteiger partial charge in [-0.05, 0) is 51.6 Å². The van der Waals surface area contributed by atoms with E-state index in [0.717, 1.165) is 24.4 Å². The van der Waals surface area contributed by atoms with Crippen molar-refractivity contribution in [2.75, 3.05) is 32.1 Å². The minimum Gasteiger partial charge on any atom is -0.377 e. The Hall–Kier alpha value is 0.400. The van der Waals surface area contributed by atoms with Crippen LogP contribution in [0.1, 0.15) is 39.0 Å². The SMILES string of the molecule is CC(CCBr)CCN(C)CC1CCCCO1. The van der Waals surface area contributed by atoms with E-state index in [1.807, 2.05) is 0 Å². The zero-order valence-corrected chi connectivity index (χ0v) is 12.3. The summed E-state index contributed by atoms with van der Waals surface area (Å²) in [7, 11) is 2.22. The molecule has 2 atom stereocenters. The first kappa shape index (κ1) is 14.5. The van der Waals surface area contributed by atoms with Crippen LogP contribution in [0, 0.1) is 5.92 Å². The van der Waals surface area contributed by atoms with Crippen LogP contribution in [0.2, 0.25) is 0 Å². The number of ether oxygens (including phenoxy) is 1. The quantitative estimate of drug-likeness (QED) is 0.668. The summed E-state index contributed by atoms with van der Waals surface area (Å²) in [6.45, 7) is 5.62. The molecule has 2 unspecified atom stereocenters. The fourth-order valence-corrected chi connectivity index (χ4v) is 2.94. The smallest absolute Gasteiger partial charge is 0.0701 e. The Bertz CT molecular complexity index is 171. The molecule has 0 bridgehead atoms. The van der Waals surface area contributed by atoms with Crippen LogP contribution >= 0.6 is 15.9 Å². The first-order valence-electron chi connectivity index (χ1n) is 6.58. The summed E-state index contributed by atoms with van der Waals surface area (Å²) in [4.78, 5) is 2.43. The van der Waals surface area contributed by atoms with E-state index in [2.05, 4.69) is 34.8 Å². The third-order valence-electron chi connectivity index (χ3n) is 3.39. The highest BCUT2D eigenvalue weighted by Crippen LogP contribution is 2.14. The number of nitrogens with zero attached hydrogens (tertiary/aromatic N) is 1. The van der Waals surface area contributed by atoms with E-state index in [0.29, 0.717) is 6.10 Å². The molecule has 1 saturated heterocycles. The van der Waals surface area contributed by atoms with Crippen molar-refractivity contribution in [1.82, 2.24) is 4.90 Å². The van der Waals surface area contributed by atoms with Gasteiger partial charge in [-0.2, -0.15) is 0 Å². The Morgan fingerprint density at radius 3 is 2.81 bits per heavy atom. The number of halogens is 1. The van der Waals surface area contributed by atoms with Crippen molar-refractivity contribution in [2.45, 2.75) is 45.1 Å². The Balaban J connectivity index is 2.07. The molecule has 3 heteroatoms. The van der Waals surface area contributed by atoms with Gasteiger partial charge in [-0.1, -0.05) is 22.9 Å². The maximum atomic E-state index is 5.75. The molecule has 0 N–H and O–H groups in total. The lowest BCUT2D eigenvalue weighted by molar-refractivity contribution is -0.00200. The zero-order valence-electron chi connectivity index (χ0n) is 10.8. The molecule has 0 amide bonds. The van der Waals surface area contributed by atoms with E-state index in [-0.39, 0.29) is 0 Å². The van der Waals surface area contributed by atoms with Crippen molar-refractivity contribution in [3.8, 4) is 0 Å². The van der Waals surface area contributed by atoms with Gasteiger partial charge in [-0.3, -0.25) is 0 Å². The third-order valence-corrected chi connectivity index (χ3v) is 3.85. The molecule has 0 saturated carbocycles. The molecule has 0 aliphatic carbocycles. The van der Waals surface area contributed by atoms with Crippen LogP contribution in [-0.2, 0) is 4.74 Å². The standard InChI is InChI=1S/C13H26BrNO/c1-12(6-8-14)7-9-15(2)11-13-5-3-4-10-16-13/h12-13H,3-11H2,1-2H3. The fraction of sp³-hybridized carbons (Fsp3) is 1.00. The molecule has 0 aromatic rings. The Kier molecular flexibility index (Phi) is 7.67. The highest BCUT2D eigenvalue weighted by Gasteiger charge is 2.15. The molecule has 1 aliphatic heterocycles. The van der Waals surface area contributed by atoms with Crippen molar-refractivity contribution in [2.24, 2.45) is 5.92 Å². The second-order valence-corrected chi connectivity index (χ2v) is 5.92. The Morgan fingerprint density at radius 1 is 1.38 bits per heavy atom. The van der Waals surface area contributed by atoms with Crippen molar-refractivity contribution in [3.05, 3.63) is 0 Å². The van der Waals surface area contributed by atoms with Gasteiger partial charge in [0.05, 0.1) is 6.10 Å². The molecule has 1 rings (SSSR count). The lowest BCUT2D eigenvalue weighted by Crippen LogP contribution is -2.34. The molecule has 16 heavy (non-hydrogen) atoms. The molecule has 2 nitrogen and oxygen atoms in total. The Morgan fingerprint density at radius 2 is 2.19 bits per heavy atom. The number of hydrogen-bond acceptors (Lipinski definition) is 2. The van der Waals surface area contributed by atoms with Gasteiger partial charge in [0, 0.05) is 18.5 Å². The van der Waals surface area contributed by atoms with Gasteiger partial charge in [0.15, 0.2) is 0 Å². The topological polar surface area (TPSA) is 12.5 Å². The van der Waals surface area contributed by atoms with Crippen LogP contribution in [0.5, 0.6) is 0 Å². The molecule has 0 aromatic carbocycles. The van der Waals surface area contributed by atoms with E-state index in [4.69, 9.17) is 4.74 Å². The summed E-state index contributed by atoms with van der Waals surface area (Å²) in [6.07, 6.45) is 6.93. The van der Waals surface area contributed by atoms with E-state index < -0.39 is 0 Å². The van der Waals surface area contributed by atoms with Gasteiger partial charge in [0.1, 0.15) is 0 Å². The Labute approximate surface area is 109 Å². The molecular formula is C13H26BrNO. The minimum atomic E-state index is 0.491. The van der Waals surface area contributed by atoms with Gasteiger partial charge >= 0.3 is 0 Å². The molecule has 0 spiro atoms. The van der Waals surface area contributed by atoms with Crippen molar-refractivity contribution < 1.29 is 4.74 Å². The summed E-state index contributed by atoms with van der Waals surface area (Å²) >= 11 is 3.50. The lowest BCUT2D eigenvalue weighted by atomic mass is 10.0. The van der Waals surface area contributed by atoms with Crippen LogP contribution in [0.25, 0.3) is 0 Å². The predicted molar refractivity (Wildman–Crippen MR) is 73.3 cm³/mol. The zero-order chi connectivity index (χ0) is 11.8. The molecule has 96 valence electrons. The third kappa shape index (κ3) is 6.21. The molecule has 1 fully saturated rings. The van der Waals surface area contributed by atoms with Crippen LogP contribution in [-0.4, -0.2) is 43.1 Å². The van der Waals surface area contributed by atoms with Crippen molar-refractivity contribution in [1.29, 1.82) is 0 Å². The van der Waals surface area contributed by atoms with E-state index in [9.17, 15) is 0 Å². The number of alkyl halides is 1. The predicted octanol–water partition coefficient (Wildman–Crippen LogP) is 3.30. The van der Waals surface area contributed by atoms with Crippen LogP contribution in [0.3, 0.4) is 0 Å². The highest BCUT2D eigenvalue weighted by atomic mass is 79.9. The average Bonchev–Trinajstić information content (AvgIpc) is 2.28. The largest absolute Gasteiger partial charge is 0.377 e. The molecule has 0 radical (unpaired) electrons. The monoisotopic (exact) mass is 291 g/mol. The van der Waals surface area contributed by atoms with Crippen LogP contribution in [0.4, 0.5) is 0 Å². The summed E-state index contributed by atoms with van der Waals surface area (Å²) < 4.78 is 5.75. The van der Waals surface area contributed by atoms with Gasteiger partial charge in [-0.15, -0.1) is 0 Å². The van der Waals surface area contributed by atoms with Gasteiger partial charge in [0.25, 0.3) is 0 Å². The number of hydrogen-bond donors (Lipinski definition) is 0. The van der Waals surface area contributed by atoms with Crippen molar-refractivity contribution in [3.63, 3.8) is 0 Å². The highest BCUT2D eigenvalue weighted by molar-refractivity contribution is 9.09. The van der Waals surface area contributed by atoms with E-state index >= 15 is 0 Å². The molecular weight excluding hydrogens is 266 g/mol. The lowest BCUT2D eigenvalue weighted by Gasteiger charge is -2.28. The fourth-order valence-electron chi connectivity index (χ4n) is 2.16. The first-order chi connectivity index (χ1) is 7.72. The minimum absolute atomic E-state index is 0.491. The molecule has 1 aliphatic rings. The van der Waals surface area contributed by atoms with Crippen LogP contribution < -0.4 is 0 Å². The maximum Gasteiger partial charge on any atom is 0.0701 e. The molecule has 0 aromatic heterocycles. The summed E-state index contributed by atoms with van der Waals surface area (Å²) in [5.41, 5.74) is 0. The summed E-state index contributed by atoms with van der Waals surface area (Å²) in [5.74, 6) is 0.828. The second kappa shape index (κ2) is 8.48. The summed E-state index contributed by atoms with van der Waals surface area (Å²) in [5, 5.41) is 1.13. The number of likely N-dealkylation sites (N-methyl/N-ethyl adjacent to an activating group) is 1. The molecule has 1 heterocycles. The number of rotatable bonds is 7. The van der Waals surface area contributed by atoms with Crippen molar-refractivity contribution >= 4 is 15.9 Å².